The second-order valence-electron chi connectivity index (χ2n) is 6.78. The lowest BCUT2D eigenvalue weighted by Crippen LogP contribution is -2.51. The van der Waals surface area contributed by atoms with E-state index >= 15 is 0 Å². The van der Waals surface area contributed by atoms with E-state index in [2.05, 4.69) is 23.9 Å². The summed E-state index contributed by atoms with van der Waals surface area (Å²) in [5.74, 6) is 0.574. The molecule has 0 bridgehead atoms. The Morgan fingerprint density at radius 2 is 2.04 bits per heavy atom. The zero-order valence-electron chi connectivity index (χ0n) is 13.5. The van der Waals surface area contributed by atoms with Crippen LogP contribution in [0.15, 0.2) is 34.9 Å². The van der Waals surface area contributed by atoms with Gasteiger partial charge in [-0.05, 0) is 36.1 Å². The summed E-state index contributed by atoms with van der Waals surface area (Å²) in [5, 5.41) is 4.08. The third-order valence-electron chi connectivity index (χ3n) is 4.47. The van der Waals surface area contributed by atoms with Crippen LogP contribution in [0.5, 0.6) is 0 Å². The Hall–Kier alpha value is -1.43. The highest BCUT2D eigenvalue weighted by atomic mass is 35.5. The fourth-order valence-corrected chi connectivity index (χ4v) is 2.98. The maximum atomic E-state index is 13.0. The molecular formula is C17H23ClFN3O. The van der Waals surface area contributed by atoms with Gasteiger partial charge in [0.05, 0.1) is 6.54 Å². The molecule has 1 aromatic carbocycles. The smallest absolute Gasteiger partial charge is 0.151 e. The highest BCUT2D eigenvalue weighted by Gasteiger charge is 2.33. The van der Waals surface area contributed by atoms with Crippen LogP contribution in [-0.4, -0.2) is 29.2 Å². The summed E-state index contributed by atoms with van der Waals surface area (Å²) in [7, 11) is 0. The minimum absolute atomic E-state index is 0. The summed E-state index contributed by atoms with van der Waals surface area (Å²) in [6.07, 6.45) is 0.992. The van der Waals surface area contributed by atoms with Gasteiger partial charge < -0.3 is 10.3 Å². The second kappa shape index (κ2) is 6.99. The van der Waals surface area contributed by atoms with Gasteiger partial charge in [-0.3, -0.25) is 4.90 Å². The van der Waals surface area contributed by atoms with Crippen molar-refractivity contribution in [3.63, 3.8) is 0 Å². The highest BCUT2D eigenvalue weighted by molar-refractivity contribution is 5.85. The largest absolute Gasteiger partial charge is 0.359 e. The lowest BCUT2D eigenvalue weighted by Gasteiger charge is -2.42. The fraction of sp³-hybridized carbons (Fsp3) is 0.471. The van der Waals surface area contributed by atoms with E-state index in [0.717, 1.165) is 43.1 Å². The molecule has 0 spiro atoms. The molecule has 126 valence electrons. The third kappa shape index (κ3) is 4.10. The predicted molar refractivity (Wildman–Crippen MR) is 90.8 cm³/mol. The molecule has 1 aliphatic heterocycles. The molecule has 1 atom stereocenters. The van der Waals surface area contributed by atoms with Crippen molar-refractivity contribution in [3.05, 3.63) is 41.9 Å². The van der Waals surface area contributed by atoms with Crippen molar-refractivity contribution in [1.82, 2.24) is 10.1 Å². The van der Waals surface area contributed by atoms with Gasteiger partial charge in [-0.2, -0.15) is 0 Å². The SMILES string of the molecule is CC1(C)CN(Cc2cc(-c3ccc(F)cc3)no2)CCC1N.Cl. The van der Waals surface area contributed by atoms with Crippen LogP contribution in [0.1, 0.15) is 26.0 Å². The fourth-order valence-electron chi connectivity index (χ4n) is 2.98. The van der Waals surface area contributed by atoms with Crippen molar-refractivity contribution >= 4 is 12.4 Å². The van der Waals surface area contributed by atoms with Gasteiger partial charge in [-0.25, -0.2) is 4.39 Å². The molecule has 1 fully saturated rings. The van der Waals surface area contributed by atoms with Gasteiger partial charge in [0.25, 0.3) is 0 Å². The van der Waals surface area contributed by atoms with Crippen LogP contribution in [-0.2, 0) is 6.54 Å². The molecular weight excluding hydrogens is 317 g/mol. The minimum atomic E-state index is -0.251. The summed E-state index contributed by atoms with van der Waals surface area (Å²) in [4.78, 5) is 2.35. The first-order valence-corrected chi connectivity index (χ1v) is 7.63. The molecule has 23 heavy (non-hydrogen) atoms. The first kappa shape index (κ1) is 17.9. The zero-order chi connectivity index (χ0) is 15.7. The number of hydrogen-bond donors (Lipinski definition) is 1. The van der Waals surface area contributed by atoms with Crippen LogP contribution < -0.4 is 5.73 Å². The van der Waals surface area contributed by atoms with Crippen LogP contribution in [0.2, 0.25) is 0 Å². The lowest BCUT2D eigenvalue weighted by atomic mass is 9.80. The van der Waals surface area contributed by atoms with Gasteiger partial charge in [0.1, 0.15) is 11.5 Å². The standard InChI is InChI=1S/C17H22FN3O.ClH/c1-17(2)11-21(8-7-16(17)19)10-14-9-15(20-22-14)12-3-5-13(18)6-4-12;/h3-6,9,16H,7-8,10-11,19H2,1-2H3;1H. The summed E-state index contributed by atoms with van der Waals surface area (Å²) in [5.41, 5.74) is 7.87. The van der Waals surface area contributed by atoms with Gasteiger partial charge in [-0.1, -0.05) is 19.0 Å². The summed E-state index contributed by atoms with van der Waals surface area (Å²) in [6, 6.07) is 8.44. The number of nitrogens with zero attached hydrogens (tertiary/aromatic N) is 2. The van der Waals surface area contributed by atoms with Crippen molar-refractivity contribution in [2.24, 2.45) is 11.1 Å². The average Bonchev–Trinajstić information content (AvgIpc) is 2.92. The Morgan fingerprint density at radius 3 is 2.70 bits per heavy atom. The van der Waals surface area contributed by atoms with Gasteiger partial charge >= 0.3 is 0 Å². The number of likely N-dealkylation sites (tertiary alicyclic amines) is 1. The Labute approximate surface area is 142 Å². The number of rotatable bonds is 3. The van der Waals surface area contributed by atoms with Crippen molar-refractivity contribution in [2.45, 2.75) is 32.9 Å². The topological polar surface area (TPSA) is 55.3 Å². The molecule has 2 N–H and O–H groups in total. The second-order valence-corrected chi connectivity index (χ2v) is 6.78. The van der Waals surface area contributed by atoms with E-state index in [-0.39, 0.29) is 29.7 Å². The van der Waals surface area contributed by atoms with E-state index in [1.165, 1.54) is 12.1 Å². The summed E-state index contributed by atoms with van der Waals surface area (Å²) >= 11 is 0. The van der Waals surface area contributed by atoms with E-state index in [1.807, 2.05) is 6.07 Å². The molecule has 1 aliphatic rings. The molecule has 2 aromatic rings. The van der Waals surface area contributed by atoms with E-state index in [0.29, 0.717) is 0 Å². The summed E-state index contributed by atoms with van der Waals surface area (Å²) in [6.45, 7) is 7.05. The van der Waals surface area contributed by atoms with Crippen molar-refractivity contribution in [1.29, 1.82) is 0 Å². The normalized spacial score (nSPS) is 21.0. The maximum absolute atomic E-state index is 13.0. The maximum Gasteiger partial charge on any atom is 0.151 e. The molecule has 2 heterocycles. The van der Waals surface area contributed by atoms with Crippen LogP contribution in [0.3, 0.4) is 0 Å². The molecule has 1 unspecified atom stereocenters. The van der Waals surface area contributed by atoms with Crippen LogP contribution in [0.25, 0.3) is 11.3 Å². The quantitative estimate of drug-likeness (QED) is 0.930. The molecule has 3 rings (SSSR count). The van der Waals surface area contributed by atoms with Crippen LogP contribution in [0, 0.1) is 11.2 Å². The van der Waals surface area contributed by atoms with E-state index in [4.69, 9.17) is 10.3 Å². The first-order chi connectivity index (χ1) is 10.4. The molecule has 6 heteroatoms. The molecule has 1 saturated heterocycles. The summed E-state index contributed by atoms with van der Waals surface area (Å²) < 4.78 is 18.4. The average molecular weight is 340 g/mol. The molecule has 0 radical (unpaired) electrons. The Morgan fingerprint density at radius 1 is 1.35 bits per heavy atom. The number of nitrogens with two attached hydrogens (primary N) is 1. The lowest BCUT2D eigenvalue weighted by molar-refractivity contribution is 0.0826. The number of hydrogen-bond acceptors (Lipinski definition) is 4. The number of halogens is 2. The molecule has 1 aromatic heterocycles. The predicted octanol–water partition coefficient (Wildman–Crippen LogP) is 3.46. The number of benzene rings is 1. The number of piperidine rings is 1. The number of aromatic nitrogens is 1. The van der Waals surface area contributed by atoms with Gasteiger partial charge in [-0.15, -0.1) is 12.4 Å². The van der Waals surface area contributed by atoms with Crippen molar-refractivity contribution in [3.8, 4) is 11.3 Å². The van der Waals surface area contributed by atoms with Gasteiger partial charge in [0, 0.05) is 30.8 Å². The van der Waals surface area contributed by atoms with E-state index in [1.54, 1.807) is 12.1 Å². The molecule has 0 aliphatic carbocycles. The first-order valence-electron chi connectivity index (χ1n) is 7.63. The third-order valence-corrected chi connectivity index (χ3v) is 4.47. The molecule has 4 nitrogen and oxygen atoms in total. The van der Waals surface area contributed by atoms with E-state index < -0.39 is 0 Å². The molecule has 0 amide bonds. The highest BCUT2D eigenvalue weighted by Crippen LogP contribution is 2.29. The van der Waals surface area contributed by atoms with Crippen molar-refractivity contribution in [2.75, 3.05) is 13.1 Å². The van der Waals surface area contributed by atoms with Gasteiger partial charge in [0.15, 0.2) is 5.76 Å². The van der Waals surface area contributed by atoms with E-state index in [9.17, 15) is 4.39 Å². The monoisotopic (exact) mass is 339 g/mol. The Kier molecular flexibility index (Phi) is 5.45. The molecule has 0 saturated carbocycles. The Bertz CT molecular complexity index is 642. The minimum Gasteiger partial charge on any atom is -0.359 e. The van der Waals surface area contributed by atoms with Crippen LogP contribution >= 0.6 is 12.4 Å². The Balaban J connectivity index is 0.00000192. The van der Waals surface area contributed by atoms with Crippen LogP contribution in [0.4, 0.5) is 4.39 Å². The van der Waals surface area contributed by atoms with Crippen molar-refractivity contribution < 1.29 is 8.91 Å². The zero-order valence-corrected chi connectivity index (χ0v) is 14.3. The van der Waals surface area contributed by atoms with Gasteiger partial charge in [0.2, 0.25) is 0 Å².